The summed E-state index contributed by atoms with van der Waals surface area (Å²) in [5.41, 5.74) is 6.40. The van der Waals surface area contributed by atoms with Gasteiger partial charge < -0.3 is 10.5 Å². The van der Waals surface area contributed by atoms with Crippen LogP contribution in [-0.4, -0.2) is 14.8 Å². The molecule has 2 rings (SSSR count). The second-order valence-electron chi connectivity index (χ2n) is 3.26. The summed E-state index contributed by atoms with van der Waals surface area (Å²) in [6, 6.07) is 0. The molecule has 0 aliphatic rings. The van der Waals surface area contributed by atoms with Crippen LogP contribution in [0.4, 0.5) is 0 Å². The molecule has 16 heavy (non-hydrogen) atoms. The molecule has 0 bridgehead atoms. The van der Waals surface area contributed by atoms with Crippen molar-refractivity contribution in [3.05, 3.63) is 28.5 Å². The fourth-order valence-electron chi connectivity index (χ4n) is 1.26. The molecular weight excluding hydrogens is 224 g/mol. The van der Waals surface area contributed by atoms with Gasteiger partial charge in [0.05, 0.1) is 18.1 Å². The standard InChI is InChI=1S/C10H14N4OS/c1-2-14-5-9(4-12-14)15-6-8-7-16-10(3-11)13-8/h4-5,7H,2-3,6,11H2,1H3. The lowest BCUT2D eigenvalue weighted by Crippen LogP contribution is -1.98. The number of aryl methyl sites for hydroxylation is 1. The zero-order chi connectivity index (χ0) is 11.4. The fraction of sp³-hybridized carbons (Fsp3) is 0.400. The first-order valence-electron chi connectivity index (χ1n) is 5.10. The van der Waals surface area contributed by atoms with Crippen molar-refractivity contribution in [3.63, 3.8) is 0 Å². The summed E-state index contributed by atoms with van der Waals surface area (Å²) in [5, 5.41) is 7.02. The SMILES string of the molecule is CCn1cc(OCc2csc(CN)n2)cn1. The molecule has 5 nitrogen and oxygen atoms in total. The average Bonchev–Trinajstić information content (AvgIpc) is 2.95. The second-order valence-corrected chi connectivity index (χ2v) is 4.20. The molecule has 0 radical (unpaired) electrons. The van der Waals surface area contributed by atoms with E-state index in [-0.39, 0.29) is 0 Å². The fourth-order valence-corrected chi connectivity index (χ4v) is 1.92. The molecule has 6 heteroatoms. The van der Waals surface area contributed by atoms with E-state index >= 15 is 0 Å². The zero-order valence-electron chi connectivity index (χ0n) is 9.09. The maximum Gasteiger partial charge on any atom is 0.157 e. The van der Waals surface area contributed by atoms with Gasteiger partial charge in [0, 0.05) is 18.5 Å². The molecule has 2 N–H and O–H groups in total. The molecule has 0 spiro atoms. The third-order valence-electron chi connectivity index (χ3n) is 2.09. The Bertz CT molecular complexity index is 409. The van der Waals surface area contributed by atoms with Gasteiger partial charge in [-0.2, -0.15) is 5.10 Å². The summed E-state index contributed by atoms with van der Waals surface area (Å²) in [4.78, 5) is 4.31. The molecule has 0 saturated heterocycles. The summed E-state index contributed by atoms with van der Waals surface area (Å²) >= 11 is 1.56. The van der Waals surface area contributed by atoms with Crippen molar-refractivity contribution in [2.75, 3.05) is 0 Å². The highest BCUT2D eigenvalue weighted by Crippen LogP contribution is 2.13. The highest BCUT2D eigenvalue weighted by molar-refractivity contribution is 7.09. The number of ether oxygens (including phenoxy) is 1. The van der Waals surface area contributed by atoms with E-state index in [4.69, 9.17) is 10.5 Å². The lowest BCUT2D eigenvalue weighted by Gasteiger charge is -1.99. The first-order valence-corrected chi connectivity index (χ1v) is 5.98. The largest absolute Gasteiger partial charge is 0.484 e. The van der Waals surface area contributed by atoms with E-state index in [1.54, 1.807) is 17.5 Å². The Morgan fingerprint density at radius 2 is 2.44 bits per heavy atom. The number of rotatable bonds is 5. The van der Waals surface area contributed by atoms with Gasteiger partial charge in [-0.05, 0) is 6.92 Å². The van der Waals surface area contributed by atoms with Gasteiger partial charge in [0.2, 0.25) is 0 Å². The molecule has 0 aromatic carbocycles. The molecular formula is C10H14N4OS. The van der Waals surface area contributed by atoms with E-state index in [0.29, 0.717) is 13.2 Å². The van der Waals surface area contributed by atoms with Crippen LogP contribution in [0.5, 0.6) is 5.75 Å². The molecule has 0 atom stereocenters. The van der Waals surface area contributed by atoms with Crippen LogP contribution in [0.1, 0.15) is 17.6 Å². The van der Waals surface area contributed by atoms with Gasteiger partial charge >= 0.3 is 0 Å². The number of aromatic nitrogens is 3. The van der Waals surface area contributed by atoms with Gasteiger partial charge in [0.25, 0.3) is 0 Å². The van der Waals surface area contributed by atoms with Gasteiger partial charge in [-0.15, -0.1) is 11.3 Å². The maximum absolute atomic E-state index is 5.55. The van der Waals surface area contributed by atoms with Crippen LogP contribution in [0.15, 0.2) is 17.8 Å². The molecule has 0 amide bonds. The second kappa shape index (κ2) is 5.09. The molecule has 2 aromatic rings. The minimum Gasteiger partial charge on any atom is -0.484 e. The van der Waals surface area contributed by atoms with Crippen molar-refractivity contribution >= 4 is 11.3 Å². The van der Waals surface area contributed by atoms with E-state index in [0.717, 1.165) is 23.0 Å². The molecule has 0 aliphatic carbocycles. The number of nitrogens with two attached hydrogens (primary N) is 1. The summed E-state index contributed by atoms with van der Waals surface area (Å²) in [6.07, 6.45) is 3.58. The van der Waals surface area contributed by atoms with Crippen molar-refractivity contribution < 1.29 is 4.74 Å². The van der Waals surface area contributed by atoms with Crippen molar-refractivity contribution in [1.29, 1.82) is 0 Å². The molecule has 0 aliphatic heterocycles. The van der Waals surface area contributed by atoms with Crippen molar-refractivity contribution in [2.45, 2.75) is 26.6 Å². The van der Waals surface area contributed by atoms with Crippen molar-refractivity contribution in [3.8, 4) is 5.75 Å². The average molecular weight is 238 g/mol. The topological polar surface area (TPSA) is 66.0 Å². The van der Waals surface area contributed by atoms with Gasteiger partial charge in [-0.1, -0.05) is 0 Å². The van der Waals surface area contributed by atoms with E-state index in [1.165, 1.54) is 0 Å². The molecule has 0 saturated carbocycles. The Balaban J connectivity index is 1.91. The molecule has 2 heterocycles. The molecule has 2 aromatic heterocycles. The van der Waals surface area contributed by atoms with Gasteiger partial charge in [-0.3, -0.25) is 4.68 Å². The van der Waals surface area contributed by atoms with Crippen LogP contribution >= 0.6 is 11.3 Å². The van der Waals surface area contributed by atoms with Crippen LogP contribution in [0, 0.1) is 0 Å². The van der Waals surface area contributed by atoms with Gasteiger partial charge in [-0.25, -0.2) is 4.98 Å². The number of thiazole rings is 1. The van der Waals surface area contributed by atoms with Crippen LogP contribution < -0.4 is 10.5 Å². The highest BCUT2D eigenvalue weighted by atomic mass is 32.1. The first kappa shape index (κ1) is 11.1. The maximum atomic E-state index is 5.55. The highest BCUT2D eigenvalue weighted by Gasteiger charge is 2.02. The lowest BCUT2D eigenvalue weighted by atomic mass is 10.5. The Morgan fingerprint density at radius 1 is 1.56 bits per heavy atom. The van der Waals surface area contributed by atoms with Crippen LogP contribution in [0.25, 0.3) is 0 Å². The van der Waals surface area contributed by atoms with E-state index in [1.807, 2.05) is 23.2 Å². The summed E-state index contributed by atoms with van der Waals surface area (Å²) in [5.74, 6) is 0.768. The third kappa shape index (κ3) is 2.59. The number of nitrogens with zero attached hydrogens (tertiary/aromatic N) is 3. The number of hydrogen-bond acceptors (Lipinski definition) is 5. The van der Waals surface area contributed by atoms with Crippen molar-refractivity contribution in [1.82, 2.24) is 14.8 Å². The zero-order valence-corrected chi connectivity index (χ0v) is 9.91. The minimum absolute atomic E-state index is 0.464. The Labute approximate surface area is 97.9 Å². The van der Waals surface area contributed by atoms with E-state index in [9.17, 15) is 0 Å². The Hall–Kier alpha value is -1.40. The van der Waals surface area contributed by atoms with Gasteiger partial charge in [0.15, 0.2) is 5.75 Å². The Morgan fingerprint density at radius 3 is 3.06 bits per heavy atom. The van der Waals surface area contributed by atoms with Crippen LogP contribution in [0.3, 0.4) is 0 Å². The van der Waals surface area contributed by atoms with E-state index < -0.39 is 0 Å². The monoisotopic (exact) mass is 238 g/mol. The van der Waals surface area contributed by atoms with E-state index in [2.05, 4.69) is 10.1 Å². The first-order chi connectivity index (χ1) is 7.81. The summed E-state index contributed by atoms with van der Waals surface area (Å²) < 4.78 is 7.37. The van der Waals surface area contributed by atoms with Crippen LogP contribution in [-0.2, 0) is 19.7 Å². The predicted octanol–water partition coefficient (Wildman–Crippen LogP) is 1.40. The van der Waals surface area contributed by atoms with Crippen molar-refractivity contribution in [2.24, 2.45) is 5.73 Å². The third-order valence-corrected chi connectivity index (χ3v) is 3.01. The lowest BCUT2D eigenvalue weighted by molar-refractivity contribution is 0.301. The molecule has 0 fully saturated rings. The quantitative estimate of drug-likeness (QED) is 0.855. The summed E-state index contributed by atoms with van der Waals surface area (Å²) in [7, 11) is 0. The van der Waals surface area contributed by atoms with Crippen LogP contribution in [0.2, 0.25) is 0 Å². The van der Waals surface area contributed by atoms with Gasteiger partial charge in [0.1, 0.15) is 11.6 Å². The Kier molecular flexibility index (Phi) is 3.53. The minimum atomic E-state index is 0.464. The molecule has 0 unspecified atom stereocenters. The summed E-state index contributed by atoms with van der Waals surface area (Å²) in [6.45, 7) is 3.83. The predicted molar refractivity (Wildman–Crippen MR) is 62.2 cm³/mol. The smallest absolute Gasteiger partial charge is 0.157 e. The molecule has 86 valence electrons. The number of hydrogen-bond donors (Lipinski definition) is 1. The normalized spacial score (nSPS) is 10.6.